The highest BCUT2D eigenvalue weighted by Crippen LogP contribution is 2.23. The lowest BCUT2D eigenvalue weighted by Crippen LogP contribution is -2.06. The van der Waals surface area contributed by atoms with E-state index in [2.05, 4.69) is 0 Å². The fourth-order valence-corrected chi connectivity index (χ4v) is 1.75. The fourth-order valence-electron chi connectivity index (χ4n) is 1.75. The molecule has 0 heterocycles. The van der Waals surface area contributed by atoms with Gasteiger partial charge in [0.15, 0.2) is 5.78 Å². The lowest BCUT2D eigenvalue weighted by atomic mass is 10.0. The van der Waals surface area contributed by atoms with Crippen molar-refractivity contribution < 1.29 is 14.5 Å². The van der Waals surface area contributed by atoms with E-state index < -0.39 is 4.92 Å². The van der Waals surface area contributed by atoms with E-state index in [-0.39, 0.29) is 22.7 Å². The zero-order valence-corrected chi connectivity index (χ0v) is 10.7. The van der Waals surface area contributed by atoms with Crippen molar-refractivity contribution in [3.05, 3.63) is 63.7 Å². The second kappa shape index (κ2) is 5.40. The van der Waals surface area contributed by atoms with Crippen molar-refractivity contribution in [3.8, 4) is 5.75 Å². The summed E-state index contributed by atoms with van der Waals surface area (Å²) < 4.78 is 5.00. The minimum atomic E-state index is -0.565. The van der Waals surface area contributed by atoms with Gasteiger partial charge < -0.3 is 10.5 Å². The van der Waals surface area contributed by atoms with Gasteiger partial charge in [-0.3, -0.25) is 14.9 Å². The van der Waals surface area contributed by atoms with Gasteiger partial charge in [0.25, 0.3) is 5.69 Å². The number of methoxy groups -OCH3 is 1. The molecule has 0 spiro atoms. The molecule has 2 aromatic carbocycles. The number of ketones is 1. The molecule has 6 nitrogen and oxygen atoms in total. The first-order valence-electron chi connectivity index (χ1n) is 5.75. The van der Waals surface area contributed by atoms with Crippen molar-refractivity contribution in [2.24, 2.45) is 0 Å². The third-order valence-electron chi connectivity index (χ3n) is 2.84. The molecule has 0 saturated heterocycles. The third-order valence-corrected chi connectivity index (χ3v) is 2.84. The molecule has 2 aromatic rings. The van der Waals surface area contributed by atoms with Crippen LogP contribution in [0, 0.1) is 10.1 Å². The molecule has 0 aliphatic rings. The quantitative estimate of drug-likeness (QED) is 0.399. The number of nitrogens with zero attached hydrogens (tertiary/aromatic N) is 1. The Morgan fingerprint density at radius 1 is 1.20 bits per heavy atom. The average Bonchev–Trinajstić information content (AvgIpc) is 2.47. The van der Waals surface area contributed by atoms with Crippen LogP contribution >= 0.6 is 0 Å². The molecular formula is C14H12N2O4. The van der Waals surface area contributed by atoms with Gasteiger partial charge in [0.05, 0.1) is 17.6 Å². The lowest BCUT2D eigenvalue weighted by molar-refractivity contribution is -0.384. The Morgan fingerprint density at radius 2 is 1.85 bits per heavy atom. The Hall–Kier alpha value is -2.89. The van der Waals surface area contributed by atoms with E-state index >= 15 is 0 Å². The molecule has 0 radical (unpaired) electrons. The zero-order valence-electron chi connectivity index (χ0n) is 10.7. The summed E-state index contributed by atoms with van der Waals surface area (Å²) in [5.41, 5.74) is 6.25. The Labute approximate surface area is 114 Å². The van der Waals surface area contributed by atoms with Crippen LogP contribution in [0.1, 0.15) is 15.9 Å². The van der Waals surface area contributed by atoms with Crippen LogP contribution in [0.25, 0.3) is 0 Å². The van der Waals surface area contributed by atoms with Gasteiger partial charge in [-0.25, -0.2) is 0 Å². The van der Waals surface area contributed by atoms with E-state index in [1.807, 2.05) is 0 Å². The first-order valence-corrected chi connectivity index (χ1v) is 5.75. The fraction of sp³-hybridized carbons (Fsp3) is 0.0714. The molecule has 0 fully saturated rings. The first kappa shape index (κ1) is 13.5. The minimum absolute atomic E-state index is 0.115. The first-order chi connectivity index (χ1) is 9.52. The number of hydrogen-bond acceptors (Lipinski definition) is 5. The Kier molecular flexibility index (Phi) is 3.65. The zero-order chi connectivity index (χ0) is 14.7. The number of hydrogen-bond donors (Lipinski definition) is 1. The van der Waals surface area contributed by atoms with Crippen LogP contribution in [-0.4, -0.2) is 17.8 Å². The van der Waals surface area contributed by atoms with Crippen molar-refractivity contribution in [1.29, 1.82) is 0 Å². The highest BCUT2D eigenvalue weighted by atomic mass is 16.6. The second-order valence-electron chi connectivity index (χ2n) is 4.09. The molecule has 2 N–H and O–H groups in total. The standard InChI is InChI=1S/C14H12N2O4/c1-20-11-5-2-9(3-6-11)14(17)12-8-10(16(18)19)4-7-13(12)15/h2-8H,15H2,1H3. The number of rotatable bonds is 4. The molecular weight excluding hydrogens is 260 g/mol. The molecule has 20 heavy (non-hydrogen) atoms. The highest BCUT2D eigenvalue weighted by Gasteiger charge is 2.16. The smallest absolute Gasteiger partial charge is 0.270 e. The van der Waals surface area contributed by atoms with Crippen LogP contribution in [0.15, 0.2) is 42.5 Å². The largest absolute Gasteiger partial charge is 0.497 e. The molecule has 0 aliphatic carbocycles. The topological polar surface area (TPSA) is 95.5 Å². The summed E-state index contributed by atoms with van der Waals surface area (Å²) in [7, 11) is 1.52. The van der Waals surface area contributed by atoms with Crippen LogP contribution in [-0.2, 0) is 0 Å². The number of nitro benzene ring substituents is 1. The van der Waals surface area contributed by atoms with Gasteiger partial charge in [-0.1, -0.05) is 0 Å². The number of anilines is 1. The molecule has 0 atom stereocenters. The monoisotopic (exact) mass is 272 g/mol. The maximum absolute atomic E-state index is 12.3. The van der Waals surface area contributed by atoms with Crippen molar-refractivity contribution >= 4 is 17.2 Å². The number of benzene rings is 2. The van der Waals surface area contributed by atoms with Gasteiger partial charge in [-0.2, -0.15) is 0 Å². The van der Waals surface area contributed by atoms with E-state index in [1.165, 1.54) is 25.3 Å². The van der Waals surface area contributed by atoms with Gasteiger partial charge in [-0.05, 0) is 30.3 Å². The van der Waals surface area contributed by atoms with Gasteiger partial charge in [0.2, 0.25) is 0 Å². The summed E-state index contributed by atoms with van der Waals surface area (Å²) >= 11 is 0. The van der Waals surface area contributed by atoms with Crippen molar-refractivity contribution in [1.82, 2.24) is 0 Å². The molecule has 0 aliphatic heterocycles. The molecule has 0 unspecified atom stereocenters. The minimum Gasteiger partial charge on any atom is -0.497 e. The summed E-state index contributed by atoms with van der Waals surface area (Å²) in [6.45, 7) is 0. The normalized spacial score (nSPS) is 10.1. The number of nitro groups is 1. The van der Waals surface area contributed by atoms with E-state index in [0.717, 1.165) is 0 Å². The van der Waals surface area contributed by atoms with E-state index in [0.29, 0.717) is 11.3 Å². The molecule has 0 amide bonds. The lowest BCUT2D eigenvalue weighted by Gasteiger charge is -2.06. The maximum atomic E-state index is 12.3. The number of nitrogen functional groups attached to an aromatic ring is 1. The van der Waals surface area contributed by atoms with Crippen LogP contribution in [0.2, 0.25) is 0 Å². The van der Waals surface area contributed by atoms with Gasteiger partial charge in [0.1, 0.15) is 5.75 Å². The average molecular weight is 272 g/mol. The predicted octanol–water partition coefficient (Wildman–Crippen LogP) is 2.42. The van der Waals surface area contributed by atoms with Gasteiger partial charge in [-0.15, -0.1) is 0 Å². The summed E-state index contributed by atoms with van der Waals surface area (Å²) in [6.07, 6.45) is 0. The van der Waals surface area contributed by atoms with E-state index in [4.69, 9.17) is 10.5 Å². The molecule has 6 heteroatoms. The number of nitrogens with two attached hydrogens (primary N) is 1. The molecule has 0 aromatic heterocycles. The Morgan fingerprint density at radius 3 is 2.40 bits per heavy atom. The SMILES string of the molecule is COc1ccc(C(=O)c2cc([N+](=O)[O-])ccc2N)cc1. The Bertz CT molecular complexity index is 665. The van der Waals surface area contributed by atoms with Gasteiger partial charge in [0, 0.05) is 23.4 Å². The number of non-ortho nitro benzene ring substituents is 1. The molecule has 2 rings (SSSR count). The number of ether oxygens (including phenoxy) is 1. The van der Waals surface area contributed by atoms with Crippen LogP contribution in [0.4, 0.5) is 11.4 Å². The van der Waals surface area contributed by atoms with Crippen LogP contribution in [0.5, 0.6) is 5.75 Å². The van der Waals surface area contributed by atoms with Crippen molar-refractivity contribution in [2.75, 3.05) is 12.8 Å². The number of carbonyl (C=O) groups is 1. The summed E-state index contributed by atoms with van der Waals surface area (Å²) in [5.74, 6) is 0.252. The summed E-state index contributed by atoms with van der Waals surface area (Å²) in [5, 5.41) is 10.7. The van der Waals surface area contributed by atoms with Crippen LogP contribution < -0.4 is 10.5 Å². The van der Waals surface area contributed by atoms with Crippen LogP contribution in [0.3, 0.4) is 0 Å². The maximum Gasteiger partial charge on any atom is 0.270 e. The molecule has 0 saturated carbocycles. The second-order valence-corrected chi connectivity index (χ2v) is 4.09. The highest BCUT2D eigenvalue weighted by molar-refractivity contribution is 6.12. The molecule has 102 valence electrons. The van der Waals surface area contributed by atoms with Gasteiger partial charge >= 0.3 is 0 Å². The molecule has 0 bridgehead atoms. The summed E-state index contributed by atoms with van der Waals surface area (Å²) in [4.78, 5) is 22.5. The van der Waals surface area contributed by atoms with Crippen molar-refractivity contribution in [2.45, 2.75) is 0 Å². The Balaban J connectivity index is 2.41. The van der Waals surface area contributed by atoms with E-state index in [9.17, 15) is 14.9 Å². The number of carbonyl (C=O) groups excluding carboxylic acids is 1. The van der Waals surface area contributed by atoms with E-state index in [1.54, 1.807) is 24.3 Å². The summed E-state index contributed by atoms with van der Waals surface area (Å²) in [6, 6.07) is 10.2. The predicted molar refractivity (Wildman–Crippen MR) is 73.9 cm³/mol. The third kappa shape index (κ3) is 2.59. The van der Waals surface area contributed by atoms with Crippen molar-refractivity contribution in [3.63, 3.8) is 0 Å².